The Morgan fingerprint density at radius 1 is 0.949 bits per heavy atom. The van der Waals surface area contributed by atoms with Crippen molar-refractivity contribution in [1.29, 1.82) is 0 Å². The van der Waals surface area contributed by atoms with Gasteiger partial charge in [0.25, 0.3) is 8.32 Å². The van der Waals surface area contributed by atoms with Crippen molar-refractivity contribution in [3.63, 3.8) is 0 Å². The molecule has 2 fully saturated rings. The van der Waals surface area contributed by atoms with Crippen LogP contribution in [0.2, 0.25) is 5.04 Å². The lowest BCUT2D eigenvalue weighted by atomic mass is 10.1. The lowest BCUT2D eigenvalue weighted by Gasteiger charge is -2.43. The monoisotopic (exact) mass is 547 g/mol. The fourth-order valence-electron chi connectivity index (χ4n) is 6.62. The Balaban J connectivity index is 1.44. The highest BCUT2D eigenvalue weighted by atomic mass is 28.4. The summed E-state index contributed by atoms with van der Waals surface area (Å²) in [6.07, 6.45) is 7.43. The molecule has 1 saturated carbocycles. The maximum Gasteiger partial charge on any atom is 0.261 e. The van der Waals surface area contributed by atoms with Gasteiger partial charge < -0.3 is 13.9 Å². The van der Waals surface area contributed by atoms with Crippen molar-refractivity contribution in [2.75, 3.05) is 6.61 Å². The van der Waals surface area contributed by atoms with Crippen LogP contribution in [-0.4, -0.2) is 47.9 Å². The zero-order chi connectivity index (χ0) is 27.7. The number of aryl methyl sites for hydroxylation is 1. The van der Waals surface area contributed by atoms with E-state index in [1.807, 2.05) is 18.5 Å². The summed E-state index contributed by atoms with van der Waals surface area (Å²) in [5.74, 6) is -0.440. The van der Waals surface area contributed by atoms with Gasteiger partial charge in [-0.25, -0.2) is 4.68 Å². The van der Waals surface area contributed by atoms with E-state index in [9.17, 15) is 0 Å². The first kappa shape index (κ1) is 28.2. The Labute approximate surface area is 235 Å². The molecule has 1 aromatic heterocycles. The van der Waals surface area contributed by atoms with Crippen LogP contribution >= 0.6 is 0 Å². The first-order valence-corrected chi connectivity index (χ1v) is 16.6. The Morgan fingerprint density at radius 2 is 1.56 bits per heavy atom. The highest BCUT2D eigenvalue weighted by molar-refractivity contribution is 6.99. The molecule has 0 bridgehead atoms. The quantitative estimate of drug-likeness (QED) is 0.242. The number of nitrogens with zero attached hydrogens (tertiary/aromatic N) is 3. The maximum atomic E-state index is 7.34. The van der Waals surface area contributed by atoms with Gasteiger partial charge in [0.1, 0.15) is 6.10 Å². The van der Waals surface area contributed by atoms with Crippen LogP contribution in [-0.2, 0) is 20.3 Å². The molecule has 0 unspecified atom stereocenters. The Hall–Kier alpha value is -2.32. The molecule has 2 aromatic carbocycles. The minimum atomic E-state index is -2.64. The molecule has 0 N–H and O–H groups in total. The zero-order valence-electron chi connectivity index (χ0n) is 24.5. The summed E-state index contributed by atoms with van der Waals surface area (Å²) in [5, 5.41) is 11.6. The van der Waals surface area contributed by atoms with Crippen molar-refractivity contribution in [3.05, 3.63) is 72.6 Å². The summed E-state index contributed by atoms with van der Waals surface area (Å²) in [5.41, 5.74) is 1.06. The largest absolute Gasteiger partial charge is 0.407 e. The van der Waals surface area contributed by atoms with E-state index < -0.39 is 14.1 Å². The van der Waals surface area contributed by atoms with Gasteiger partial charge in [0.2, 0.25) is 0 Å². The van der Waals surface area contributed by atoms with Gasteiger partial charge in [-0.3, -0.25) is 0 Å². The lowest BCUT2D eigenvalue weighted by Crippen LogP contribution is -2.67. The standard InChI is InChI=1S/C32H45N3O3Si/c1-7-8-11-16-25-22-35(34-33-25)28-21-24(29-30(28)38-32(5,6)37-29)23-36-39(31(2,3)4,26-17-12-9-13-18-26)27-19-14-10-15-20-27/h9-10,12-15,17-20,22,24,28-30H,7-8,11,16,21,23H2,1-6H3/t24-,28-,29-,30+/m1/s1. The van der Waals surface area contributed by atoms with E-state index in [-0.39, 0.29) is 29.2 Å². The van der Waals surface area contributed by atoms with E-state index in [0.29, 0.717) is 6.61 Å². The number of fused-ring (bicyclic) bond motifs is 1. The molecule has 210 valence electrons. The second kappa shape index (κ2) is 11.3. The smallest absolute Gasteiger partial charge is 0.261 e. The zero-order valence-corrected chi connectivity index (χ0v) is 25.5. The van der Waals surface area contributed by atoms with Crippen LogP contribution < -0.4 is 10.4 Å². The third-order valence-corrected chi connectivity index (χ3v) is 13.4. The SMILES string of the molecule is CCCCCc1cn([C@@H]2C[C@H](CO[Si](c3ccccc3)(c3ccccc3)C(C)(C)C)[C@H]3OC(C)(C)O[C@H]32)nn1. The number of unbranched alkanes of at least 4 members (excludes halogenated alkanes) is 2. The van der Waals surface area contributed by atoms with E-state index in [0.717, 1.165) is 25.0 Å². The van der Waals surface area contributed by atoms with Crippen LogP contribution in [0.5, 0.6) is 0 Å². The first-order chi connectivity index (χ1) is 18.6. The molecule has 0 amide bonds. The third-order valence-electron chi connectivity index (χ3n) is 8.42. The number of aromatic nitrogens is 3. The predicted molar refractivity (Wildman–Crippen MR) is 158 cm³/mol. The fourth-order valence-corrected chi connectivity index (χ4v) is 11.2. The molecule has 7 heteroatoms. The number of ether oxygens (including phenoxy) is 2. The van der Waals surface area contributed by atoms with Crippen LogP contribution in [0.15, 0.2) is 66.9 Å². The van der Waals surface area contributed by atoms with Gasteiger partial charge in [0.05, 0.1) is 17.8 Å². The van der Waals surface area contributed by atoms with Gasteiger partial charge in [-0.15, -0.1) is 5.10 Å². The van der Waals surface area contributed by atoms with Gasteiger partial charge in [-0.05, 0) is 48.5 Å². The second-order valence-electron chi connectivity index (χ2n) is 12.7. The number of benzene rings is 2. The molecule has 5 rings (SSSR count). The van der Waals surface area contributed by atoms with Crippen molar-refractivity contribution in [1.82, 2.24) is 15.0 Å². The summed E-state index contributed by atoms with van der Waals surface area (Å²) < 4.78 is 22.4. The molecule has 4 atom stereocenters. The Morgan fingerprint density at radius 3 is 2.15 bits per heavy atom. The Kier molecular flexibility index (Phi) is 8.16. The van der Waals surface area contributed by atoms with Crippen LogP contribution in [0.4, 0.5) is 0 Å². The summed E-state index contributed by atoms with van der Waals surface area (Å²) >= 11 is 0. The van der Waals surface area contributed by atoms with Gasteiger partial charge in [0, 0.05) is 18.7 Å². The van der Waals surface area contributed by atoms with Crippen molar-refractivity contribution < 1.29 is 13.9 Å². The molecule has 0 radical (unpaired) electrons. The molecule has 1 saturated heterocycles. The van der Waals surface area contributed by atoms with Crippen LogP contribution in [0.25, 0.3) is 0 Å². The van der Waals surface area contributed by atoms with Gasteiger partial charge >= 0.3 is 0 Å². The van der Waals surface area contributed by atoms with Gasteiger partial charge in [-0.2, -0.15) is 0 Å². The number of hydrogen-bond donors (Lipinski definition) is 0. The highest BCUT2D eigenvalue weighted by Gasteiger charge is 2.57. The number of rotatable bonds is 10. The van der Waals surface area contributed by atoms with Crippen molar-refractivity contribution in [2.24, 2.45) is 5.92 Å². The molecule has 2 aliphatic rings. The van der Waals surface area contributed by atoms with Gasteiger partial charge in [0.15, 0.2) is 5.79 Å². The van der Waals surface area contributed by atoms with Crippen molar-refractivity contribution >= 4 is 18.7 Å². The summed E-state index contributed by atoms with van der Waals surface area (Å²) in [4.78, 5) is 0. The number of hydrogen-bond acceptors (Lipinski definition) is 5. The molecule has 6 nitrogen and oxygen atoms in total. The Bertz CT molecular complexity index is 1170. The van der Waals surface area contributed by atoms with E-state index in [1.165, 1.54) is 23.2 Å². The first-order valence-electron chi connectivity index (χ1n) is 14.7. The maximum absolute atomic E-state index is 7.34. The normalized spacial score (nSPS) is 24.7. The molecule has 1 aliphatic carbocycles. The topological polar surface area (TPSA) is 58.4 Å². The lowest BCUT2D eigenvalue weighted by molar-refractivity contribution is -0.161. The molecule has 2 heterocycles. The predicted octanol–water partition coefficient (Wildman–Crippen LogP) is 5.67. The summed E-state index contributed by atoms with van der Waals surface area (Å²) in [7, 11) is -2.64. The van der Waals surface area contributed by atoms with E-state index in [2.05, 4.69) is 105 Å². The average Bonchev–Trinajstić information content (AvgIpc) is 3.58. The second-order valence-corrected chi connectivity index (χ2v) is 17.1. The van der Waals surface area contributed by atoms with Crippen LogP contribution in [0, 0.1) is 5.92 Å². The molecule has 0 spiro atoms. The average molecular weight is 548 g/mol. The highest BCUT2D eigenvalue weighted by Crippen LogP contribution is 2.47. The molecule has 3 aromatic rings. The van der Waals surface area contributed by atoms with Crippen molar-refractivity contribution in [3.8, 4) is 0 Å². The molecule has 1 aliphatic heterocycles. The van der Waals surface area contributed by atoms with E-state index in [4.69, 9.17) is 13.9 Å². The summed E-state index contributed by atoms with van der Waals surface area (Å²) in [6, 6.07) is 21.8. The molecule has 39 heavy (non-hydrogen) atoms. The minimum Gasteiger partial charge on any atom is -0.407 e. The third kappa shape index (κ3) is 5.64. The van der Waals surface area contributed by atoms with E-state index in [1.54, 1.807) is 0 Å². The van der Waals surface area contributed by atoms with Crippen LogP contribution in [0.3, 0.4) is 0 Å². The van der Waals surface area contributed by atoms with Gasteiger partial charge in [-0.1, -0.05) is 106 Å². The van der Waals surface area contributed by atoms with E-state index >= 15 is 0 Å². The fraction of sp³-hybridized carbons (Fsp3) is 0.562. The van der Waals surface area contributed by atoms with Crippen LogP contribution in [0.1, 0.15) is 79.0 Å². The molecular formula is C32H45N3O3Si. The minimum absolute atomic E-state index is 0.0454. The van der Waals surface area contributed by atoms with Crippen molar-refractivity contribution in [2.45, 2.75) is 103 Å². The molecular weight excluding hydrogens is 502 g/mol. The summed E-state index contributed by atoms with van der Waals surface area (Å²) in [6.45, 7) is 13.8.